The Morgan fingerprint density at radius 3 is 2.58 bits per heavy atom. The lowest BCUT2D eigenvalue weighted by atomic mass is 10.3. The number of amides is 1. The second-order valence-corrected chi connectivity index (χ2v) is 6.56. The van der Waals surface area contributed by atoms with Crippen LogP contribution in [0.3, 0.4) is 0 Å². The van der Waals surface area contributed by atoms with Gasteiger partial charge in [-0.1, -0.05) is 15.9 Å². The van der Waals surface area contributed by atoms with Gasteiger partial charge < -0.3 is 9.64 Å². The number of carbonyl (C=O) groups excluding carboxylic acids is 1. The molecule has 1 amide bonds. The molecule has 0 heterocycles. The molecule has 0 aliphatic heterocycles. The van der Waals surface area contributed by atoms with Gasteiger partial charge in [-0.25, -0.2) is 13.1 Å². The average Bonchev–Trinajstić information content (AvgIpc) is 2.35. The van der Waals surface area contributed by atoms with E-state index in [4.69, 9.17) is 4.74 Å². The summed E-state index contributed by atoms with van der Waals surface area (Å²) in [5.41, 5.74) is 0. The highest BCUT2D eigenvalue weighted by atomic mass is 79.9. The summed E-state index contributed by atoms with van der Waals surface area (Å²) in [6.45, 7) is -0.301. The maximum atomic E-state index is 12.1. The Morgan fingerprint density at radius 2 is 2.05 bits per heavy atom. The number of sulfonamides is 1. The zero-order valence-corrected chi connectivity index (χ0v) is 13.2. The lowest BCUT2D eigenvalue weighted by Gasteiger charge is -2.13. The Kier molecular flexibility index (Phi) is 5.33. The fourth-order valence-electron chi connectivity index (χ4n) is 1.25. The van der Waals surface area contributed by atoms with E-state index in [1.807, 2.05) is 0 Å². The molecule has 0 spiro atoms. The number of methoxy groups -OCH3 is 1. The molecule has 0 aliphatic rings. The maximum Gasteiger partial charge on any atom is 0.244 e. The van der Waals surface area contributed by atoms with Crippen molar-refractivity contribution in [3.05, 3.63) is 22.7 Å². The van der Waals surface area contributed by atoms with Crippen LogP contribution in [-0.4, -0.2) is 47.0 Å². The molecular formula is C11H15BrN2O4S. The number of nitrogens with zero attached hydrogens (tertiary/aromatic N) is 1. The first-order valence-corrected chi connectivity index (χ1v) is 7.59. The molecule has 1 aromatic carbocycles. The third-order valence-electron chi connectivity index (χ3n) is 2.33. The van der Waals surface area contributed by atoms with Crippen LogP contribution >= 0.6 is 15.9 Å². The van der Waals surface area contributed by atoms with Crippen LogP contribution in [0, 0.1) is 0 Å². The Morgan fingerprint density at radius 1 is 1.42 bits per heavy atom. The Hall–Kier alpha value is -1.12. The molecule has 1 aromatic rings. The van der Waals surface area contributed by atoms with Crippen molar-refractivity contribution in [3.63, 3.8) is 0 Å². The molecule has 0 bridgehead atoms. The summed E-state index contributed by atoms with van der Waals surface area (Å²) in [6, 6.07) is 4.62. The van der Waals surface area contributed by atoms with Crippen LogP contribution < -0.4 is 9.46 Å². The number of rotatable bonds is 5. The lowest BCUT2D eigenvalue weighted by molar-refractivity contribution is -0.127. The Balaban J connectivity index is 3.00. The predicted octanol–water partition coefficient (Wildman–Crippen LogP) is 0.824. The van der Waals surface area contributed by atoms with Gasteiger partial charge in [0.05, 0.1) is 13.7 Å². The predicted molar refractivity (Wildman–Crippen MR) is 74.6 cm³/mol. The van der Waals surface area contributed by atoms with Gasteiger partial charge in [-0.3, -0.25) is 4.79 Å². The molecule has 1 N–H and O–H groups in total. The number of benzene rings is 1. The standard InChI is InChI=1S/C11H15BrN2O4S/c1-14(2)11(15)7-13-19(16,17)10-6-8(12)4-5-9(10)18-3/h4-6,13H,7H2,1-3H3. The van der Waals surface area contributed by atoms with Crippen LogP contribution in [0.4, 0.5) is 0 Å². The van der Waals surface area contributed by atoms with Gasteiger partial charge >= 0.3 is 0 Å². The normalized spacial score (nSPS) is 11.2. The first-order chi connectivity index (χ1) is 8.77. The summed E-state index contributed by atoms with van der Waals surface area (Å²) in [5.74, 6) is -0.120. The molecule has 0 fully saturated rings. The van der Waals surface area contributed by atoms with Gasteiger partial charge in [-0.05, 0) is 18.2 Å². The summed E-state index contributed by atoms with van der Waals surface area (Å²) in [5, 5.41) is 0. The van der Waals surface area contributed by atoms with Gasteiger partial charge in [0, 0.05) is 18.6 Å². The third kappa shape index (κ3) is 4.19. The Bertz CT molecular complexity index is 572. The smallest absolute Gasteiger partial charge is 0.244 e. The molecule has 0 aromatic heterocycles. The van der Waals surface area contributed by atoms with Crippen molar-refractivity contribution in [1.29, 1.82) is 0 Å². The number of carbonyl (C=O) groups is 1. The van der Waals surface area contributed by atoms with Crippen LogP contribution in [0.1, 0.15) is 0 Å². The summed E-state index contributed by atoms with van der Waals surface area (Å²) in [4.78, 5) is 12.7. The highest BCUT2D eigenvalue weighted by Crippen LogP contribution is 2.26. The van der Waals surface area contributed by atoms with E-state index in [9.17, 15) is 13.2 Å². The topological polar surface area (TPSA) is 75.7 Å². The van der Waals surface area contributed by atoms with E-state index >= 15 is 0 Å². The van der Waals surface area contributed by atoms with Crippen molar-refractivity contribution in [2.75, 3.05) is 27.7 Å². The quantitative estimate of drug-likeness (QED) is 0.853. The monoisotopic (exact) mass is 350 g/mol. The number of likely N-dealkylation sites (N-methyl/N-ethyl adjacent to an activating group) is 1. The summed E-state index contributed by atoms with van der Waals surface area (Å²) in [7, 11) is 0.679. The number of halogens is 1. The van der Waals surface area contributed by atoms with Gasteiger partial charge in [0.15, 0.2) is 0 Å². The van der Waals surface area contributed by atoms with E-state index < -0.39 is 10.0 Å². The Labute approximate surface area is 120 Å². The molecule has 6 nitrogen and oxygen atoms in total. The van der Waals surface area contributed by atoms with Crippen LogP contribution in [0.5, 0.6) is 5.75 Å². The minimum atomic E-state index is -3.81. The van der Waals surface area contributed by atoms with E-state index in [2.05, 4.69) is 20.7 Å². The van der Waals surface area contributed by atoms with E-state index in [0.717, 1.165) is 0 Å². The average molecular weight is 351 g/mol. The zero-order chi connectivity index (χ0) is 14.6. The minimum absolute atomic E-state index is 0.0177. The molecule has 0 saturated heterocycles. The molecule has 0 radical (unpaired) electrons. The summed E-state index contributed by atoms with van der Waals surface area (Å²) in [6.07, 6.45) is 0. The second-order valence-electron chi connectivity index (χ2n) is 3.91. The first kappa shape index (κ1) is 15.9. The molecule has 19 heavy (non-hydrogen) atoms. The van der Waals surface area contributed by atoms with E-state index in [0.29, 0.717) is 4.47 Å². The number of nitrogens with one attached hydrogen (secondary N) is 1. The third-order valence-corrected chi connectivity index (χ3v) is 4.24. The molecule has 106 valence electrons. The molecule has 0 saturated carbocycles. The fourth-order valence-corrected chi connectivity index (χ4v) is 2.93. The SMILES string of the molecule is COc1ccc(Br)cc1S(=O)(=O)NCC(=O)N(C)C. The van der Waals surface area contributed by atoms with Gasteiger partial charge in [0.25, 0.3) is 0 Å². The second kappa shape index (κ2) is 6.36. The van der Waals surface area contributed by atoms with Crippen molar-refractivity contribution in [2.45, 2.75) is 4.90 Å². The van der Waals surface area contributed by atoms with E-state index in [1.165, 1.54) is 24.1 Å². The summed E-state index contributed by atoms with van der Waals surface area (Å²) >= 11 is 3.20. The van der Waals surface area contributed by atoms with E-state index in [1.54, 1.807) is 20.2 Å². The highest BCUT2D eigenvalue weighted by molar-refractivity contribution is 9.10. The minimum Gasteiger partial charge on any atom is -0.495 e. The van der Waals surface area contributed by atoms with Crippen LogP contribution in [-0.2, 0) is 14.8 Å². The van der Waals surface area contributed by atoms with Gasteiger partial charge in [0.2, 0.25) is 15.9 Å². The van der Waals surface area contributed by atoms with Gasteiger partial charge in [-0.15, -0.1) is 0 Å². The zero-order valence-electron chi connectivity index (χ0n) is 10.8. The molecular weight excluding hydrogens is 336 g/mol. The maximum absolute atomic E-state index is 12.1. The number of ether oxygens (including phenoxy) is 1. The molecule has 1 rings (SSSR count). The molecule has 0 unspecified atom stereocenters. The molecule has 8 heteroatoms. The van der Waals surface area contributed by atoms with Crippen molar-refractivity contribution in [3.8, 4) is 5.75 Å². The fraction of sp³-hybridized carbons (Fsp3) is 0.364. The van der Waals surface area contributed by atoms with Gasteiger partial charge in [0.1, 0.15) is 10.6 Å². The van der Waals surface area contributed by atoms with Crippen LogP contribution in [0.15, 0.2) is 27.6 Å². The summed E-state index contributed by atoms with van der Waals surface area (Å²) < 4.78 is 32.1. The van der Waals surface area contributed by atoms with Crippen molar-refractivity contribution < 1.29 is 17.9 Å². The molecule has 0 atom stereocenters. The lowest BCUT2D eigenvalue weighted by Crippen LogP contribution is -2.36. The van der Waals surface area contributed by atoms with Gasteiger partial charge in [-0.2, -0.15) is 0 Å². The van der Waals surface area contributed by atoms with E-state index in [-0.39, 0.29) is 23.1 Å². The first-order valence-electron chi connectivity index (χ1n) is 5.31. The van der Waals surface area contributed by atoms with Crippen molar-refractivity contribution >= 4 is 31.9 Å². The largest absolute Gasteiger partial charge is 0.495 e. The van der Waals surface area contributed by atoms with Crippen molar-refractivity contribution in [2.24, 2.45) is 0 Å². The van der Waals surface area contributed by atoms with Crippen molar-refractivity contribution in [1.82, 2.24) is 9.62 Å². The number of hydrogen-bond acceptors (Lipinski definition) is 4. The van der Waals surface area contributed by atoms with Crippen LogP contribution in [0.2, 0.25) is 0 Å². The number of hydrogen-bond donors (Lipinski definition) is 1. The van der Waals surface area contributed by atoms with Crippen LogP contribution in [0.25, 0.3) is 0 Å². The highest BCUT2D eigenvalue weighted by Gasteiger charge is 2.21. The molecule has 0 aliphatic carbocycles.